The molecule has 11 aliphatic rings. The van der Waals surface area contributed by atoms with Crippen LogP contribution in [0.25, 0.3) is 10.4 Å². The number of aliphatic carboxylic acids is 1. The average Bonchev–Trinajstić information content (AvgIpc) is 1.63. The number of carboxylic acid groups (broad SMARTS) is 1. The van der Waals surface area contributed by atoms with Crippen molar-refractivity contribution in [1.82, 2.24) is 0 Å². The van der Waals surface area contributed by atoms with E-state index in [0.717, 1.165) is 122 Å². The number of esters is 5. The number of rotatable bonds is 12. The maximum Gasteiger partial charge on any atom is 1.00 e. The first-order chi connectivity index (χ1) is 45.3. The summed E-state index contributed by atoms with van der Waals surface area (Å²) in [6.45, 7) is 8.93. The summed E-state index contributed by atoms with van der Waals surface area (Å²) in [6.07, 6.45) is 21.9. The van der Waals surface area contributed by atoms with Gasteiger partial charge in [0.15, 0.2) is 18.9 Å². The maximum atomic E-state index is 14.0. The smallest absolute Gasteiger partial charge is 0.870 e. The number of hydrogen-bond donors (Lipinski definition) is 4. The van der Waals surface area contributed by atoms with Gasteiger partial charge in [-0.2, -0.15) is 9.84 Å². The first-order valence-corrected chi connectivity index (χ1v) is 34.0. The monoisotopic (exact) mass is 1430 g/mol. The standard InChI is InChI=1S/C13H21FO4.C13H22O5.C12H18O4.C8H13FO3.C7H10O3.C7H10O2.C4H10.C2H5N3.FH.K.H2O.H3P.H2/c2*1-16-13(15)9-5-6-11(10(14)8-9)18-12-4-2-3-7-17-12;13-12-8-4-5-9(10(7-8)16-12)15-11-3-1-2-6-14-11;1-12-8(11)5-2-3-7(10)6(9)4-5;8-5-2-1-4-3-6(5)10-7(4)9;8-7(9)6-4-2-1-3-5-6;1-3-4-2;1-2-4-5-3;;;;;/h9-12H,2-8H2,1H3;9-12,14H,2-8H2,1H3;8-11H,1-7H2;5-7,10H,2-4H2,1H3;4-6,8H,1-3H2;1-2,6H,3-5H2,(H,8,9);3-4H2,1-2H3;2H2,1H3;1H;;1H2;1H3;1H/q;;;;;;;;;+1;;;/p-1/t9-,10+,11-,12?;9-,10-,11-,12?;8-,9-,10-,11?;5-,6+,7-;4-,5-,6-;;;;;;;;/m00000......../s1/i;;;;;;;;;;;1D;1+1. The summed E-state index contributed by atoms with van der Waals surface area (Å²) in [6, 6.07) is 0. The molecule has 5 aliphatic heterocycles. The van der Waals surface area contributed by atoms with E-state index < -0.39 is 42.7 Å². The Bertz CT molecular complexity index is 2190. The van der Waals surface area contributed by atoms with Gasteiger partial charge in [-0.3, -0.25) is 33.5 Å². The van der Waals surface area contributed by atoms with Crippen LogP contribution in [0.15, 0.2) is 17.3 Å². The molecule has 0 aromatic carbocycles. The first-order valence-electron chi connectivity index (χ1n) is 34.5. The van der Waals surface area contributed by atoms with Gasteiger partial charge < -0.3 is 78.0 Å². The minimum Gasteiger partial charge on any atom is -0.870 e. The molecule has 0 aromatic rings. The zero-order chi connectivity index (χ0) is 69.4. The molecule has 5 heterocycles. The summed E-state index contributed by atoms with van der Waals surface area (Å²) >= 11 is 0. The Balaban J connectivity index is 0. The van der Waals surface area contributed by atoms with Crippen LogP contribution in [0, 0.1) is 35.5 Å². The minimum atomic E-state index is -1.28. The fourth-order valence-electron chi connectivity index (χ4n) is 12.4. The number of unbranched alkanes of at least 4 members (excludes halogenated alkanes) is 1. The van der Waals surface area contributed by atoms with Crippen molar-refractivity contribution >= 4 is 45.7 Å². The number of aliphatic hydroxyl groups excluding tert-OH is 3. The van der Waals surface area contributed by atoms with Gasteiger partial charge in [-0.25, -0.2) is 8.78 Å². The molecule has 554 valence electrons. The predicted octanol–water partition coefficient (Wildman–Crippen LogP) is 7.63. The van der Waals surface area contributed by atoms with E-state index in [1.54, 1.807) is 16.8 Å². The number of alkyl halides is 2. The molecular formula is C66H116F3KN3O22P. The van der Waals surface area contributed by atoms with Gasteiger partial charge in [-0.05, 0) is 166 Å². The van der Waals surface area contributed by atoms with Crippen molar-refractivity contribution in [3.63, 3.8) is 0 Å². The third kappa shape index (κ3) is 34.3. The number of azide groups is 1. The van der Waals surface area contributed by atoms with E-state index in [1.807, 2.05) is 12.2 Å². The third-order valence-electron chi connectivity index (χ3n) is 18.2. The molecule has 11 rings (SSSR count). The van der Waals surface area contributed by atoms with Crippen LogP contribution in [0.5, 0.6) is 0 Å². The molecule has 0 amide bonds. The second kappa shape index (κ2) is 53.2. The Morgan fingerprint density at radius 1 is 0.573 bits per heavy atom. The van der Waals surface area contributed by atoms with Crippen molar-refractivity contribution in [2.45, 2.75) is 287 Å². The number of fused-ring (bicyclic) bond motifs is 4. The van der Waals surface area contributed by atoms with Crippen LogP contribution in [-0.4, -0.2) is 191 Å². The van der Waals surface area contributed by atoms with E-state index in [2.05, 4.69) is 33.3 Å². The Labute approximate surface area is 613 Å². The molecule has 5 saturated carbocycles. The second-order valence-corrected chi connectivity index (χ2v) is 25.1. The van der Waals surface area contributed by atoms with Crippen molar-refractivity contribution in [1.29, 1.82) is 1.28 Å². The van der Waals surface area contributed by atoms with E-state index in [4.69, 9.17) is 59.7 Å². The normalized spacial score (nSPS) is 33.5. The van der Waals surface area contributed by atoms with Gasteiger partial charge in [0.25, 0.3) is 0 Å². The maximum absolute atomic E-state index is 14.0. The van der Waals surface area contributed by atoms with Gasteiger partial charge in [0.05, 0.1) is 94.7 Å². The number of allylic oxidation sites excluding steroid dienone is 2. The molecule has 0 spiro atoms. The molecule has 20 atom stereocenters. The summed E-state index contributed by atoms with van der Waals surface area (Å²) in [5.41, 5.74) is 7.52. The third-order valence-corrected chi connectivity index (χ3v) is 18.2. The summed E-state index contributed by atoms with van der Waals surface area (Å²) < 4.78 is 90.4. The fraction of sp³-hybridized carbons (Fsp3) is 0.879. The van der Waals surface area contributed by atoms with Crippen LogP contribution in [-0.2, 0) is 80.9 Å². The average molecular weight is 1430 g/mol. The van der Waals surface area contributed by atoms with E-state index in [-0.39, 0.29) is 184 Å². The van der Waals surface area contributed by atoms with Crippen LogP contribution in [0.2, 0.25) is 0 Å². The number of carbonyl (C=O) groups is 6. The van der Waals surface area contributed by atoms with Crippen LogP contribution in [0.3, 0.4) is 0 Å². The van der Waals surface area contributed by atoms with Crippen molar-refractivity contribution in [3.05, 3.63) is 22.6 Å². The van der Waals surface area contributed by atoms with Gasteiger partial charge in [-0.1, -0.05) is 50.9 Å². The van der Waals surface area contributed by atoms with Crippen LogP contribution < -0.4 is 51.4 Å². The van der Waals surface area contributed by atoms with E-state index >= 15 is 0 Å². The molecule has 0 aromatic heterocycles. The number of methoxy groups -OCH3 is 3. The number of halogens is 3. The van der Waals surface area contributed by atoms with Gasteiger partial charge >= 0.3 is 87.2 Å². The van der Waals surface area contributed by atoms with Gasteiger partial charge in [-0.15, -0.1) is 0 Å². The largest absolute Gasteiger partial charge is 1.00 e. The number of ether oxygens (including phenoxy) is 11. The predicted molar refractivity (Wildman–Crippen MR) is 348 cm³/mol. The van der Waals surface area contributed by atoms with E-state index in [0.29, 0.717) is 58.1 Å². The Kier molecular flexibility index (Phi) is 50.6. The number of carboxylic acids is 1. The first kappa shape index (κ1) is 91.3. The molecule has 6 aliphatic carbocycles. The topological polar surface area (TPSA) is 364 Å². The van der Waals surface area contributed by atoms with Gasteiger partial charge in [0.2, 0.25) is 0 Å². The molecular weight excluding hydrogens is 1310 g/mol. The van der Waals surface area contributed by atoms with Gasteiger partial charge in [0.1, 0.15) is 24.6 Å². The Morgan fingerprint density at radius 3 is 1.39 bits per heavy atom. The minimum absolute atomic E-state index is 0. The quantitative estimate of drug-likeness (QED) is 0.0213. The molecule has 5 N–H and O–H groups in total. The van der Waals surface area contributed by atoms with Gasteiger partial charge in [0, 0.05) is 45.5 Å². The Hall–Kier alpha value is -2.67. The second-order valence-electron chi connectivity index (χ2n) is 25.1. The van der Waals surface area contributed by atoms with E-state index in [9.17, 15) is 47.8 Å². The summed E-state index contributed by atoms with van der Waals surface area (Å²) in [5, 5.41) is 39.9. The summed E-state index contributed by atoms with van der Waals surface area (Å²) in [4.78, 5) is 68.8. The molecule has 96 heavy (non-hydrogen) atoms. The van der Waals surface area contributed by atoms with Crippen molar-refractivity contribution in [2.24, 2.45) is 40.6 Å². The molecule has 25 nitrogen and oxygen atoms in total. The van der Waals surface area contributed by atoms with E-state index in [1.165, 1.54) is 40.6 Å². The molecule has 0 radical (unpaired) electrons. The van der Waals surface area contributed by atoms with Crippen molar-refractivity contribution < 1.29 is 173 Å². The molecule has 4 bridgehead atoms. The fourth-order valence-corrected chi connectivity index (χ4v) is 12.4. The van der Waals surface area contributed by atoms with Crippen LogP contribution in [0.1, 0.15) is 208 Å². The molecule has 5 saturated heterocycles. The number of aliphatic hydroxyl groups is 3. The zero-order valence-corrected chi connectivity index (χ0v) is 62.0. The number of nitrogens with zero attached hydrogens (tertiary/aromatic N) is 3. The van der Waals surface area contributed by atoms with Crippen molar-refractivity contribution in [2.75, 3.05) is 47.7 Å². The number of carbonyl (C=O) groups excluding carboxylic acids is 5. The zero-order valence-electron chi connectivity index (χ0n) is 58.7. The summed E-state index contributed by atoms with van der Waals surface area (Å²) in [5.74, 6) is -2.49. The van der Waals surface area contributed by atoms with Crippen molar-refractivity contribution in [3.8, 4) is 0 Å². The molecule has 30 heteroatoms. The molecule has 10 fully saturated rings. The van der Waals surface area contributed by atoms with Crippen LogP contribution in [0.4, 0.5) is 13.5 Å². The Morgan fingerprint density at radius 2 is 1.00 bits per heavy atom. The SMILES string of the molecule is CCCC.CCN=[N+]=[N-].COC(=O)[C@H]1CC[C@H](O)[C@H](F)C1.COC(=O)[C@H]1CC[C@H](OC2CCCCO2)[C@@H](O)C1.COC(=O)[C@H]1CC[C@H](OC2CCCCO2)[C@H](F)C1.F.O=C(O)C1CC=CCC1.O=C1O[C@H]2C[C@@H]1CC[C@@H]2O.O=C1O[C@H]2C[C@@H]1CC[C@@H]2OC1CCCCO1.[2HH].[2H]P.[K+].[OH-]. The summed E-state index contributed by atoms with van der Waals surface area (Å²) in [7, 11) is 5.68. The molecule has 5 unspecified atom stereocenters. The van der Waals surface area contributed by atoms with Crippen LogP contribution >= 0.6 is 9.84 Å². The number of hydrogen-bond acceptors (Lipinski definition) is 22.